The van der Waals surface area contributed by atoms with Crippen molar-refractivity contribution in [2.24, 2.45) is 5.41 Å². The number of hydrogen-bond donors (Lipinski definition) is 1. The van der Waals surface area contributed by atoms with Crippen molar-refractivity contribution in [3.63, 3.8) is 0 Å². The normalized spacial score (nSPS) is 21.9. The van der Waals surface area contributed by atoms with E-state index in [1.807, 2.05) is 4.90 Å². The number of benzene rings is 1. The fraction of sp³-hybridized carbons (Fsp3) is 0.571. The Hall–Kier alpha value is -1.43. The predicted octanol–water partition coefficient (Wildman–Crippen LogP) is 2.90. The number of nitrogen functional groups attached to an aromatic ring is 1. The van der Waals surface area contributed by atoms with Crippen LogP contribution in [-0.4, -0.2) is 26.3 Å². The van der Waals surface area contributed by atoms with Gasteiger partial charge in [0.15, 0.2) is 0 Å². The molecule has 0 atom stereocenters. The molecule has 6 heteroatoms. The molecule has 2 aliphatic heterocycles. The minimum absolute atomic E-state index is 0.220. The van der Waals surface area contributed by atoms with Crippen molar-refractivity contribution in [1.82, 2.24) is 0 Å². The first-order valence-electron chi connectivity index (χ1n) is 6.69. The second kappa shape index (κ2) is 4.55. The molecule has 3 nitrogen and oxygen atoms in total. The van der Waals surface area contributed by atoms with Gasteiger partial charge < -0.3 is 15.4 Å². The van der Waals surface area contributed by atoms with Crippen LogP contribution < -0.4 is 10.6 Å². The number of nitrogens with two attached hydrogens (primary N) is 1. The summed E-state index contributed by atoms with van der Waals surface area (Å²) in [5, 5.41) is 0. The molecule has 0 radical (unpaired) electrons. The molecule has 2 fully saturated rings. The van der Waals surface area contributed by atoms with Crippen molar-refractivity contribution >= 4 is 11.4 Å². The number of ether oxygens (including phenoxy) is 1. The average molecular weight is 286 g/mol. The maximum Gasteiger partial charge on any atom is 0.418 e. The zero-order chi connectivity index (χ0) is 14.4. The van der Waals surface area contributed by atoms with E-state index in [1.54, 1.807) is 6.07 Å². The largest absolute Gasteiger partial charge is 0.418 e. The third-order valence-corrected chi connectivity index (χ3v) is 4.31. The Balaban J connectivity index is 1.76. The van der Waals surface area contributed by atoms with E-state index in [0.29, 0.717) is 5.69 Å². The first kappa shape index (κ1) is 13.5. The van der Waals surface area contributed by atoms with Crippen LogP contribution in [0.4, 0.5) is 24.5 Å². The average Bonchev–Trinajstić information content (AvgIpc) is 2.36. The Morgan fingerprint density at radius 2 is 1.80 bits per heavy atom. The molecule has 110 valence electrons. The molecule has 0 saturated carbocycles. The van der Waals surface area contributed by atoms with Crippen molar-refractivity contribution in [2.45, 2.75) is 19.0 Å². The van der Waals surface area contributed by atoms with Crippen LogP contribution in [0.25, 0.3) is 0 Å². The highest BCUT2D eigenvalue weighted by Crippen LogP contribution is 2.43. The molecule has 0 bridgehead atoms. The Bertz CT molecular complexity index is 502. The predicted molar refractivity (Wildman–Crippen MR) is 70.6 cm³/mol. The van der Waals surface area contributed by atoms with Gasteiger partial charge in [-0.1, -0.05) is 0 Å². The van der Waals surface area contributed by atoms with Crippen LogP contribution in [0.2, 0.25) is 0 Å². The second-order valence-corrected chi connectivity index (χ2v) is 5.74. The molecule has 2 saturated heterocycles. The molecule has 2 N–H and O–H groups in total. The highest BCUT2D eigenvalue weighted by atomic mass is 19.4. The van der Waals surface area contributed by atoms with Gasteiger partial charge in [0.25, 0.3) is 0 Å². The Kier molecular flexibility index (Phi) is 3.08. The van der Waals surface area contributed by atoms with Crippen LogP contribution in [-0.2, 0) is 10.9 Å². The molecule has 1 aromatic carbocycles. The maximum absolute atomic E-state index is 12.8. The number of nitrogens with zero attached hydrogens (tertiary/aromatic N) is 1. The summed E-state index contributed by atoms with van der Waals surface area (Å²) in [5.74, 6) is 0. The molecule has 0 aliphatic carbocycles. The van der Waals surface area contributed by atoms with Crippen molar-refractivity contribution in [1.29, 1.82) is 0 Å². The summed E-state index contributed by atoms with van der Waals surface area (Å²) in [6.45, 7) is 3.11. The summed E-state index contributed by atoms with van der Waals surface area (Å²) < 4.78 is 43.9. The van der Waals surface area contributed by atoms with Crippen LogP contribution in [0, 0.1) is 5.41 Å². The summed E-state index contributed by atoms with van der Waals surface area (Å²) in [5.41, 5.74) is 5.28. The maximum atomic E-state index is 12.8. The van der Waals surface area contributed by atoms with Gasteiger partial charge in [0.2, 0.25) is 0 Å². The molecule has 20 heavy (non-hydrogen) atoms. The fourth-order valence-corrected chi connectivity index (χ4v) is 3.05. The molecular weight excluding hydrogens is 269 g/mol. The van der Waals surface area contributed by atoms with E-state index in [1.165, 1.54) is 6.07 Å². The molecule has 0 amide bonds. The lowest BCUT2D eigenvalue weighted by Crippen LogP contribution is -2.58. The molecule has 3 rings (SSSR count). The zero-order valence-corrected chi connectivity index (χ0v) is 11.0. The van der Waals surface area contributed by atoms with E-state index in [2.05, 4.69) is 0 Å². The van der Waals surface area contributed by atoms with Gasteiger partial charge in [0.05, 0.1) is 5.56 Å². The van der Waals surface area contributed by atoms with Gasteiger partial charge in [-0.3, -0.25) is 0 Å². The molecule has 1 aromatic rings. The standard InChI is InChI=1S/C14H17F3N2O/c15-14(16,17)11-7-10(1-2-12(11)18)19-8-13(9-19)3-5-20-6-4-13/h1-2,7H,3-6,8-9,18H2. The summed E-state index contributed by atoms with van der Waals surface area (Å²) >= 11 is 0. The lowest BCUT2D eigenvalue weighted by atomic mass is 9.73. The Morgan fingerprint density at radius 1 is 1.15 bits per heavy atom. The van der Waals surface area contributed by atoms with Gasteiger partial charge in [-0.25, -0.2) is 0 Å². The molecule has 0 aromatic heterocycles. The number of halogens is 3. The lowest BCUT2D eigenvalue weighted by Gasteiger charge is -2.53. The van der Waals surface area contributed by atoms with Gasteiger partial charge in [-0.15, -0.1) is 0 Å². The highest BCUT2D eigenvalue weighted by Gasteiger charge is 2.44. The number of hydrogen-bond acceptors (Lipinski definition) is 3. The fourth-order valence-electron chi connectivity index (χ4n) is 3.05. The third-order valence-electron chi connectivity index (χ3n) is 4.31. The molecular formula is C14H17F3N2O. The SMILES string of the molecule is Nc1ccc(N2CC3(CCOCC3)C2)cc1C(F)(F)F. The van der Waals surface area contributed by atoms with Crippen LogP contribution in [0.5, 0.6) is 0 Å². The number of rotatable bonds is 1. The highest BCUT2D eigenvalue weighted by molar-refractivity contribution is 5.61. The smallest absolute Gasteiger partial charge is 0.398 e. The monoisotopic (exact) mass is 286 g/mol. The van der Waals surface area contributed by atoms with Gasteiger partial charge in [-0.2, -0.15) is 13.2 Å². The lowest BCUT2D eigenvalue weighted by molar-refractivity contribution is -0.136. The molecule has 2 aliphatic rings. The Morgan fingerprint density at radius 3 is 2.40 bits per heavy atom. The first-order valence-corrected chi connectivity index (χ1v) is 6.69. The van der Waals surface area contributed by atoms with Crippen LogP contribution >= 0.6 is 0 Å². The summed E-state index contributed by atoms with van der Waals surface area (Å²) in [4.78, 5) is 1.99. The summed E-state index contributed by atoms with van der Waals surface area (Å²) in [6.07, 6.45) is -2.42. The van der Waals surface area contributed by atoms with Gasteiger partial charge in [0.1, 0.15) is 0 Å². The minimum Gasteiger partial charge on any atom is -0.398 e. The minimum atomic E-state index is -4.40. The molecule has 0 unspecified atom stereocenters. The van der Waals surface area contributed by atoms with Crippen LogP contribution in [0.1, 0.15) is 18.4 Å². The topological polar surface area (TPSA) is 38.5 Å². The van der Waals surface area contributed by atoms with E-state index in [4.69, 9.17) is 10.5 Å². The van der Waals surface area contributed by atoms with E-state index < -0.39 is 11.7 Å². The van der Waals surface area contributed by atoms with E-state index >= 15 is 0 Å². The van der Waals surface area contributed by atoms with Crippen molar-refractivity contribution in [3.8, 4) is 0 Å². The second-order valence-electron chi connectivity index (χ2n) is 5.74. The summed E-state index contributed by atoms with van der Waals surface area (Å²) in [7, 11) is 0. The summed E-state index contributed by atoms with van der Waals surface area (Å²) in [6, 6.07) is 4.16. The van der Waals surface area contributed by atoms with Crippen molar-refractivity contribution in [2.75, 3.05) is 36.9 Å². The number of anilines is 2. The van der Waals surface area contributed by atoms with Crippen LogP contribution in [0.3, 0.4) is 0 Å². The van der Waals surface area contributed by atoms with Gasteiger partial charge in [0, 0.05) is 43.1 Å². The molecule has 2 heterocycles. The third kappa shape index (κ3) is 2.32. The van der Waals surface area contributed by atoms with Crippen molar-refractivity contribution in [3.05, 3.63) is 23.8 Å². The quantitative estimate of drug-likeness (QED) is 0.807. The molecule has 1 spiro atoms. The Labute approximate surface area is 115 Å². The van der Waals surface area contributed by atoms with Gasteiger partial charge >= 0.3 is 6.18 Å². The van der Waals surface area contributed by atoms with Gasteiger partial charge in [-0.05, 0) is 31.0 Å². The van der Waals surface area contributed by atoms with E-state index in [0.717, 1.165) is 45.2 Å². The van der Waals surface area contributed by atoms with E-state index in [-0.39, 0.29) is 11.1 Å². The van der Waals surface area contributed by atoms with Crippen LogP contribution in [0.15, 0.2) is 18.2 Å². The van der Waals surface area contributed by atoms with E-state index in [9.17, 15) is 13.2 Å². The number of alkyl halides is 3. The zero-order valence-electron chi connectivity index (χ0n) is 11.0. The van der Waals surface area contributed by atoms with Crippen molar-refractivity contribution < 1.29 is 17.9 Å². The first-order chi connectivity index (χ1) is 9.40.